The molecule has 1 atom stereocenters. The Balaban J connectivity index is 1.93. The molecule has 0 radical (unpaired) electrons. The first-order chi connectivity index (χ1) is 8.36. The van der Waals surface area contributed by atoms with E-state index in [1.165, 1.54) is 17.7 Å². The van der Waals surface area contributed by atoms with Gasteiger partial charge in [-0.05, 0) is 44.0 Å². The van der Waals surface area contributed by atoms with Gasteiger partial charge in [-0.2, -0.15) is 5.10 Å². The van der Waals surface area contributed by atoms with Crippen molar-refractivity contribution in [2.45, 2.75) is 25.3 Å². The second-order valence-corrected chi connectivity index (χ2v) is 4.61. The number of fused-ring (bicyclic) bond motifs is 1. The van der Waals surface area contributed by atoms with Crippen molar-refractivity contribution in [1.29, 1.82) is 0 Å². The van der Waals surface area contributed by atoms with Gasteiger partial charge in [-0.15, -0.1) is 0 Å². The normalized spacial score (nSPS) is 19.0. The van der Waals surface area contributed by atoms with E-state index < -0.39 is 0 Å². The number of hydrogen-bond acceptors (Lipinski definition) is 2. The van der Waals surface area contributed by atoms with Crippen LogP contribution in [0.4, 0.5) is 0 Å². The summed E-state index contributed by atoms with van der Waals surface area (Å²) in [5.41, 5.74) is 3.79. The highest BCUT2D eigenvalue weighted by molar-refractivity contribution is 5.33. The molecule has 1 aromatic carbocycles. The molecule has 0 fully saturated rings. The Labute approximate surface area is 101 Å². The zero-order valence-corrected chi connectivity index (χ0v) is 10.1. The van der Waals surface area contributed by atoms with Crippen LogP contribution in [-0.4, -0.2) is 22.9 Å². The molecule has 3 nitrogen and oxygen atoms in total. The minimum absolute atomic E-state index is 0.607. The maximum Gasteiger partial charge on any atom is 0.0662 e. The molecule has 0 saturated carbocycles. The number of aromatic nitrogens is 2. The van der Waals surface area contributed by atoms with Crippen molar-refractivity contribution in [2.75, 3.05) is 7.05 Å². The number of benzene rings is 1. The predicted octanol–water partition coefficient (Wildman–Crippen LogP) is 1.95. The van der Waals surface area contributed by atoms with Crippen molar-refractivity contribution in [3.63, 3.8) is 0 Å². The molecule has 2 aromatic rings. The summed E-state index contributed by atoms with van der Waals surface area (Å²) in [6.45, 7) is 0. The van der Waals surface area contributed by atoms with Crippen LogP contribution in [0, 0.1) is 0 Å². The van der Waals surface area contributed by atoms with Crippen LogP contribution in [0.3, 0.4) is 0 Å². The Kier molecular flexibility index (Phi) is 2.69. The number of likely N-dealkylation sites (N-methyl/N-ethyl adjacent to an activating group) is 1. The molecule has 0 bridgehead atoms. The summed E-state index contributed by atoms with van der Waals surface area (Å²) in [4.78, 5) is 0. The molecule has 1 heterocycles. The summed E-state index contributed by atoms with van der Waals surface area (Å²) < 4.78 is 2.00. The third-order valence-electron chi connectivity index (χ3n) is 3.50. The molecule has 1 N–H and O–H groups in total. The van der Waals surface area contributed by atoms with Crippen LogP contribution in [0.15, 0.2) is 36.5 Å². The van der Waals surface area contributed by atoms with Gasteiger partial charge in [0, 0.05) is 12.2 Å². The van der Waals surface area contributed by atoms with Crippen molar-refractivity contribution in [3.05, 3.63) is 47.8 Å². The quantitative estimate of drug-likeness (QED) is 0.850. The molecule has 1 unspecified atom stereocenters. The minimum Gasteiger partial charge on any atom is -0.317 e. The molecule has 0 aliphatic heterocycles. The van der Waals surface area contributed by atoms with Crippen LogP contribution >= 0.6 is 0 Å². The number of nitrogens with zero attached hydrogens (tertiary/aromatic N) is 2. The molecule has 3 rings (SSSR count). The number of rotatable bonds is 2. The molecule has 1 aromatic heterocycles. The maximum atomic E-state index is 4.68. The van der Waals surface area contributed by atoms with Gasteiger partial charge in [-0.3, -0.25) is 0 Å². The second kappa shape index (κ2) is 4.34. The Bertz CT molecular complexity index is 501. The standard InChI is InChI=1S/C14H17N3/c1-15-12-7-8-14-11(9-12)10-17(16-14)13-5-3-2-4-6-13/h2-6,10,12,15H,7-9H2,1H3. The van der Waals surface area contributed by atoms with Gasteiger partial charge in [-0.25, -0.2) is 4.68 Å². The fourth-order valence-electron chi connectivity index (χ4n) is 2.46. The lowest BCUT2D eigenvalue weighted by Gasteiger charge is -2.19. The van der Waals surface area contributed by atoms with Gasteiger partial charge in [-0.1, -0.05) is 18.2 Å². The summed E-state index contributed by atoms with van der Waals surface area (Å²) in [7, 11) is 2.04. The lowest BCUT2D eigenvalue weighted by molar-refractivity contribution is 0.493. The van der Waals surface area contributed by atoms with Gasteiger partial charge in [0.15, 0.2) is 0 Å². The summed E-state index contributed by atoms with van der Waals surface area (Å²) in [5, 5.41) is 8.04. The topological polar surface area (TPSA) is 29.9 Å². The fourth-order valence-corrected chi connectivity index (χ4v) is 2.46. The zero-order chi connectivity index (χ0) is 11.7. The smallest absolute Gasteiger partial charge is 0.0662 e. The second-order valence-electron chi connectivity index (χ2n) is 4.61. The highest BCUT2D eigenvalue weighted by Crippen LogP contribution is 2.21. The van der Waals surface area contributed by atoms with E-state index in [4.69, 9.17) is 0 Å². The predicted molar refractivity (Wildman–Crippen MR) is 68.4 cm³/mol. The van der Waals surface area contributed by atoms with Crippen LogP contribution in [0.25, 0.3) is 5.69 Å². The Hall–Kier alpha value is -1.61. The fraction of sp³-hybridized carbons (Fsp3) is 0.357. The van der Waals surface area contributed by atoms with Crippen LogP contribution in [0.5, 0.6) is 0 Å². The Morgan fingerprint density at radius 1 is 1.29 bits per heavy atom. The van der Waals surface area contributed by atoms with Gasteiger partial charge in [0.25, 0.3) is 0 Å². The Morgan fingerprint density at radius 2 is 2.12 bits per heavy atom. The van der Waals surface area contributed by atoms with Crippen LogP contribution in [-0.2, 0) is 12.8 Å². The van der Waals surface area contributed by atoms with Crippen molar-refractivity contribution in [2.24, 2.45) is 0 Å². The molecular formula is C14H17N3. The molecule has 1 aliphatic rings. The third kappa shape index (κ3) is 1.98. The molecule has 3 heteroatoms. The van der Waals surface area contributed by atoms with E-state index in [0.29, 0.717) is 6.04 Å². The summed E-state index contributed by atoms with van der Waals surface area (Å²) in [6, 6.07) is 10.9. The van der Waals surface area contributed by atoms with E-state index in [0.717, 1.165) is 18.5 Å². The van der Waals surface area contributed by atoms with E-state index in [-0.39, 0.29) is 0 Å². The summed E-state index contributed by atoms with van der Waals surface area (Å²) in [5.74, 6) is 0. The molecule has 1 aliphatic carbocycles. The van der Waals surface area contributed by atoms with Gasteiger partial charge in [0.1, 0.15) is 0 Å². The van der Waals surface area contributed by atoms with E-state index in [1.54, 1.807) is 0 Å². The first kappa shape index (κ1) is 10.5. The lowest BCUT2D eigenvalue weighted by atomic mass is 9.94. The average Bonchev–Trinajstić information content (AvgIpc) is 2.82. The van der Waals surface area contributed by atoms with Crippen LogP contribution in [0.2, 0.25) is 0 Å². The van der Waals surface area contributed by atoms with E-state index in [1.807, 2.05) is 29.9 Å². The number of hydrogen-bond donors (Lipinski definition) is 1. The Morgan fingerprint density at radius 3 is 2.88 bits per heavy atom. The van der Waals surface area contributed by atoms with E-state index in [9.17, 15) is 0 Å². The van der Waals surface area contributed by atoms with Gasteiger partial charge < -0.3 is 5.32 Å². The van der Waals surface area contributed by atoms with Gasteiger partial charge in [0.05, 0.1) is 11.4 Å². The molecule has 0 amide bonds. The third-order valence-corrected chi connectivity index (χ3v) is 3.50. The molecule has 88 valence electrons. The van der Waals surface area contributed by atoms with Crippen molar-refractivity contribution < 1.29 is 0 Å². The number of para-hydroxylation sites is 1. The monoisotopic (exact) mass is 227 g/mol. The lowest BCUT2D eigenvalue weighted by Crippen LogP contribution is -2.31. The van der Waals surface area contributed by atoms with Crippen molar-refractivity contribution in [1.82, 2.24) is 15.1 Å². The number of aryl methyl sites for hydroxylation is 1. The molecule has 0 saturated heterocycles. The van der Waals surface area contributed by atoms with Crippen molar-refractivity contribution in [3.8, 4) is 5.69 Å². The highest BCUT2D eigenvalue weighted by atomic mass is 15.3. The first-order valence-corrected chi connectivity index (χ1v) is 6.17. The average molecular weight is 227 g/mol. The van der Waals surface area contributed by atoms with E-state index >= 15 is 0 Å². The molecular weight excluding hydrogens is 210 g/mol. The zero-order valence-electron chi connectivity index (χ0n) is 10.1. The van der Waals surface area contributed by atoms with Crippen LogP contribution < -0.4 is 5.32 Å². The van der Waals surface area contributed by atoms with Gasteiger partial charge >= 0.3 is 0 Å². The summed E-state index contributed by atoms with van der Waals surface area (Å²) >= 11 is 0. The first-order valence-electron chi connectivity index (χ1n) is 6.17. The largest absolute Gasteiger partial charge is 0.317 e. The highest BCUT2D eigenvalue weighted by Gasteiger charge is 2.20. The SMILES string of the molecule is CNC1CCc2nn(-c3ccccc3)cc2C1. The molecule has 17 heavy (non-hydrogen) atoms. The molecule has 0 spiro atoms. The number of nitrogens with one attached hydrogen (secondary N) is 1. The summed E-state index contributed by atoms with van der Waals surface area (Å²) in [6.07, 6.45) is 5.54. The minimum atomic E-state index is 0.607. The van der Waals surface area contributed by atoms with Crippen molar-refractivity contribution >= 4 is 0 Å². The van der Waals surface area contributed by atoms with Crippen LogP contribution in [0.1, 0.15) is 17.7 Å². The van der Waals surface area contributed by atoms with E-state index in [2.05, 4.69) is 28.7 Å². The van der Waals surface area contributed by atoms with Gasteiger partial charge in [0.2, 0.25) is 0 Å². The maximum absolute atomic E-state index is 4.68.